The molecular formula is C13H17NO7. The van der Waals surface area contributed by atoms with Gasteiger partial charge in [0, 0.05) is 5.56 Å². The molecule has 0 aliphatic carbocycles. The summed E-state index contributed by atoms with van der Waals surface area (Å²) in [5.41, 5.74) is -0.406. The molecule has 2 rings (SSSR count). The topological polar surface area (TPSA) is 97.1 Å². The maximum Gasteiger partial charge on any atom is 0.345 e. The highest BCUT2D eigenvalue weighted by molar-refractivity contribution is 5.99. The van der Waals surface area contributed by atoms with E-state index in [4.69, 9.17) is 14.2 Å². The van der Waals surface area contributed by atoms with Crippen molar-refractivity contribution in [3.05, 3.63) is 21.2 Å². The van der Waals surface area contributed by atoms with Crippen LogP contribution in [-0.4, -0.2) is 31.9 Å². The number of nitrogens with zero attached hydrogens (tertiary/aromatic N) is 1. The van der Waals surface area contributed by atoms with Gasteiger partial charge in [-0.25, -0.2) is 4.79 Å². The second-order valence-corrected chi connectivity index (χ2v) is 3.70. The van der Waals surface area contributed by atoms with Gasteiger partial charge in [0.05, 0.1) is 19.1 Å². The predicted molar refractivity (Wildman–Crippen MR) is 73.2 cm³/mol. The number of esters is 1. The van der Waals surface area contributed by atoms with Gasteiger partial charge in [-0.15, -0.1) is 0 Å². The monoisotopic (exact) mass is 299 g/mol. The third kappa shape index (κ3) is 2.69. The second-order valence-electron chi connectivity index (χ2n) is 3.70. The van der Waals surface area contributed by atoms with Crippen LogP contribution in [0.4, 0.5) is 5.69 Å². The summed E-state index contributed by atoms with van der Waals surface area (Å²) in [5.74, 6) is -0.605. The molecule has 0 radical (unpaired) electrons. The highest BCUT2D eigenvalue weighted by Crippen LogP contribution is 2.51. The van der Waals surface area contributed by atoms with Crippen LogP contribution in [0.3, 0.4) is 0 Å². The minimum atomic E-state index is -0.833. The highest BCUT2D eigenvalue weighted by Gasteiger charge is 2.38. The first-order valence-corrected chi connectivity index (χ1v) is 6.25. The molecule has 0 fully saturated rings. The van der Waals surface area contributed by atoms with Gasteiger partial charge < -0.3 is 18.9 Å². The predicted octanol–water partition coefficient (Wildman–Crippen LogP) is 2.45. The van der Waals surface area contributed by atoms with Gasteiger partial charge in [0.15, 0.2) is 5.75 Å². The molecule has 0 aromatic heterocycles. The fourth-order valence-corrected chi connectivity index (χ4v) is 1.97. The number of carbonyl (C=O) groups excluding carboxylic acids is 1. The largest absolute Gasteiger partial charge is 0.492 e. The molecule has 116 valence electrons. The van der Waals surface area contributed by atoms with Gasteiger partial charge in [0.25, 0.3) is 0 Å². The zero-order chi connectivity index (χ0) is 16.2. The van der Waals surface area contributed by atoms with Gasteiger partial charge in [0.2, 0.25) is 18.3 Å². The average molecular weight is 299 g/mol. The van der Waals surface area contributed by atoms with E-state index in [1.165, 1.54) is 14.0 Å². The Kier molecular flexibility index (Phi) is 5.34. The van der Waals surface area contributed by atoms with Crippen molar-refractivity contribution >= 4 is 11.7 Å². The molecule has 0 amide bonds. The van der Waals surface area contributed by atoms with Gasteiger partial charge in [0.1, 0.15) is 5.56 Å². The first-order chi connectivity index (χ1) is 10.0. The Hall–Kier alpha value is -2.51. The van der Waals surface area contributed by atoms with Crippen molar-refractivity contribution in [1.82, 2.24) is 0 Å². The summed E-state index contributed by atoms with van der Waals surface area (Å²) in [6.45, 7) is 5.34. The van der Waals surface area contributed by atoms with E-state index in [1.807, 2.05) is 13.8 Å². The molecule has 0 unspecified atom stereocenters. The Morgan fingerprint density at radius 3 is 2.29 bits per heavy atom. The number of nitro benzene ring substituents is 1. The summed E-state index contributed by atoms with van der Waals surface area (Å²) < 4.78 is 19.9. The molecular weight excluding hydrogens is 282 g/mol. The number of rotatable bonds is 3. The van der Waals surface area contributed by atoms with Crippen molar-refractivity contribution < 1.29 is 28.7 Å². The summed E-state index contributed by atoms with van der Waals surface area (Å²) in [7, 11) is 2.51. The normalized spacial score (nSPS) is 11.3. The molecule has 8 nitrogen and oxygen atoms in total. The SMILES string of the molecule is CC.COC(=O)c1c(C)c(OC)c2c(c1[N+](=O)[O-])OCO2. The van der Waals surface area contributed by atoms with Gasteiger partial charge >= 0.3 is 11.7 Å². The number of ether oxygens (including phenoxy) is 4. The molecule has 8 heteroatoms. The number of fused-ring (bicyclic) bond motifs is 1. The van der Waals surface area contributed by atoms with Crippen molar-refractivity contribution in [2.24, 2.45) is 0 Å². The van der Waals surface area contributed by atoms with E-state index in [-0.39, 0.29) is 35.2 Å². The van der Waals surface area contributed by atoms with E-state index in [2.05, 4.69) is 4.74 Å². The van der Waals surface area contributed by atoms with Crippen LogP contribution in [0.25, 0.3) is 0 Å². The zero-order valence-corrected chi connectivity index (χ0v) is 12.5. The molecule has 1 aromatic carbocycles. The molecule has 1 aliphatic heterocycles. The second kappa shape index (κ2) is 6.78. The maximum atomic E-state index is 11.7. The molecule has 0 N–H and O–H groups in total. The number of methoxy groups -OCH3 is 2. The highest BCUT2D eigenvalue weighted by atomic mass is 16.7. The molecule has 0 atom stereocenters. The third-order valence-electron chi connectivity index (χ3n) is 2.76. The van der Waals surface area contributed by atoms with Crippen LogP contribution < -0.4 is 14.2 Å². The summed E-state index contributed by atoms with van der Waals surface area (Å²) in [6, 6.07) is 0. The fourth-order valence-electron chi connectivity index (χ4n) is 1.97. The van der Waals surface area contributed by atoms with E-state index in [1.54, 1.807) is 0 Å². The number of carbonyl (C=O) groups is 1. The summed E-state index contributed by atoms with van der Waals surface area (Å²) >= 11 is 0. The lowest BCUT2D eigenvalue weighted by molar-refractivity contribution is -0.386. The van der Waals surface area contributed by atoms with E-state index in [0.29, 0.717) is 0 Å². The van der Waals surface area contributed by atoms with Crippen molar-refractivity contribution in [1.29, 1.82) is 0 Å². The zero-order valence-electron chi connectivity index (χ0n) is 12.5. The van der Waals surface area contributed by atoms with E-state index in [9.17, 15) is 14.9 Å². The smallest absolute Gasteiger partial charge is 0.345 e. The van der Waals surface area contributed by atoms with Crippen LogP contribution in [-0.2, 0) is 4.74 Å². The molecule has 0 bridgehead atoms. The Labute approximate surface area is 121 Å². The van der Waals surface area contributed by atoms with Gasteiger partial charge in [-0.1, -0.05) is 13.8 Å². The summed E-state index contributed by atoms with van der Waals surface area (Å²) in [4.78, 5) is 22.2. The van der Waals surface area contributed by atoms with Crippen LogP contribution >= 0.6 is 0 Å². The molecule has 1 heterocycles. The lowest BCUT2D eigenvalue weighted by Gasteiger charge is -2.12. The number of hydrogen-bond acceptors (Lipinski definition) is 7. The first-order valence-electron chi connectivity index (χ1n) is 6.25. The van der Waals surface area contributed by atoms with Gasteiger partial charge in [-0.2, -0.15) is 0 Å². The van der Waals surface area contributed by atoms with Crippen molar-refractivity contribution in [3.8, 4) is 17.2 Å². The van der Waals surface area contributed by atoms with Crippen molar-refractivity contribution in [3.63, 3.8) is 0 Å². The van der Waals surface area contributed by atoms with Crippen molar-refractivity contribution in [2.75, 3.05) is 21.0 Å². The minimum absolute atomic E-state index is 0.118. The standard InChI is InChI=1S/C11H11NO7.C2H6/c1-5-6(11(13)17-3)7(12(14)15)9-10(8(5)16-2)19-4-18-9;1-2/h4H2,1-3H3;1-2H3. The number of benzene rings is 1. The summed E-state index contributed by atoms with van der Waals surface area (Å²) in [5, 5.41) is 11.2. The molecule has 21 heavy (non-hydrogen) atoms. The van der Waals surface area contributed by atoms with Crippen LogP contribution in [0, 0.1) is 17.0 Å². The Balaban J connectivity index is 0.00000106. The van der Waals surface area contributed by atoms with Gasteiger partial charge in [-0.05, 0) is 6.92 Å². The average Bonchev–Trinajstić information content (AvgIpc) is 2.95. The Bertz CT molecular complexity index is 568. The molecule has 0 spiro atoms. The molecule has 0 saturated heterocycles. The van der Waals surface area contributed by atoms with E-state index >= 15 is 0 Å². The van der Waals surface area contributed by atoms with Crippen molar-refractivity contribution in [2.45, 2.75) is 20.8 Å². The summed E-state index contributed by atoms with van der Waals surface area (Å²) in [6.07, 6.45) is 0. The van der Waals surface area contributed by atoms with Gasteiger partial charge in [-0.3, -0.25) is 10.1 Å². The fraction of sp³-hybridized carbons (Fsp3) is 0.462. The maximum absolute atomic E-state index is 11.7. The number of nitro groups is 1. The lowest BCUT2D eigenvalue weighted by Crippen LogP contribution is -2.10. The van der Waals surface area contributed by atoms with E-state index < -0.39 is 16.6 Å². The van der Waals surface area contributed by atoms with E-state index in [0.717, 1.165) is 7.11 Å². The first kappa shape index (κ1) is 16.5. The lowest BCUT2D eigenvalue weighted by atomic mass is 10.0. The molecule has 1 aromatic rings. The third-order valence-corrected chi connectivity index (χ3v) is 2.76. The molecule has 1 aliphatic rings. The molecule has 0 saturated carbocycles. The number of hydrogen-bond donors (Lipinski definition) is 0. The van der Waals surface area contributed by atoms with Crippen LogP contribution in [0.2, 0.25) is 0 Å². The quantitative estimate of drug-likeness (QED) is 0.480. The van der Waals surface area contributed by atoms with Crippen LogP contribution in [0.5, 0.6) is 17.2 Å². The Morgan fingerprint density at radius 1 is 1.24 bits per heavy atom. The minimum Gasteiger partial charge on any atom is -0.492 e. The van der Waals surface area contributed by atoms with Crippen LogP contribution in [0.1, 0.15) is 29.8 Å². The van der Waals surface area contributed by atoms with Crippen LogP contribution in [0.15, 0.2) is 0 Å². The Morgan fingerprint density at radius 2 is 1.81 bits per heavy atom.